The largest absolute Gasteiger partial charge is 0.351 e. The molecule has 1 saturated carbocycles. The molecule has 3 atom stereocenters. The summed E-state index contributed by atoms with van der Waals surface area (Å²) in [6.45, 7) is 7.06. The highest BCUT2D eigenvalue weighted by atomic mass is 35.5. The SMILES string of the molecule is CC(C)(C)NC(=O)C1(C2CCCCC2)CCN(C(=O)[C@@H](Cc2ccc(Cl)cc2)NC(=O)C2CSc3ccccc3C2N)CC1. The fraction of sp³-hybridized carbons (Fsp3) is 0.571. The topological polar surface area (TPSA) is 105 Å². The molecular weight excluding hydrogens is 592 g/mol. The Morgan fingerprint density at radius 1 is 1.02 bits per heavy atom. The van der Waals surface area contributed by atoms with Gasteiger partial charge < -0.3 is 21.3 Å². The summed E-state index contributed by atoms with van der Waals surface area (Å²) in [7, 11) is 0. The molecule has 3 amide bonds. The predicted octanol–water partition coefficient (Wildman–Crippen LogP) is 5.89. The van der Waals surface area contributed by atoms with E-state index in [0.29, 0.717) is 49.0 Å². The van der Waals surface area contributed by atoms with Gasteiger partial charge in [-0.3, -0.25) is 14.4 Å². The van der Waals surface area contributed by atoms with Crippen LogP contribution in [0.2, 0.25) is 5.02 Å². The molecule has 44 heavy (non-hydrogen) atoms. The molecule has 5 rings (SSSR count). The molecule has 0 bridgehead atoms. The molecule has 0 radical (unpaired) electrons. The zero-order valence-corrected chi connectivity index (χ0v) is 27.8. The maximum atomic E-state index is 14.2. The van der Waals surface area contributed by atoms with E-state index in [1.807, 2.05) is 62.1 Å². The Labute approximate surface area is 271 Å². The highest BCUT2D eigenvalue weighted by molar-refractivity contribution is 7.99. The van der Waals surface area contributed by atoms with E-state index >= 15 is 0 Å². The highest BCUT2D eigenvalue weighted by Gasteiger charge is 2.49. The van der Waals surface area contributed by atoms with Crippen LogP contribution in [-0.2, 0) is 20.8 Å². The minimum atomic E-state index is -0.747. The van der Waals surface area contributed by atoms with E-state index in [1.54, 1.807) is 23.9 Å². The molecular formula is C35H47ClN4O3S. The Kier molecular flexibility index (Phi) is 10.3. The second-order valence-electron chi connectivity index (χ2n) is 13.9. The number of benzene rings is 2. The number of fused-ring (bicyclic) bond motifs is 1. The van der Waals surface area contributed by atoms with Crippen molar-refractivity contribution in [1.29, 1.82) is 0 Å². The first kappa shape index (κ1) is 32.8. The number of hydrogen-bond acceptors (Lipinski definition) is 5. The minimum absolute atomic E-state index is 0.112. The van der Waals surface area contributed by atoms with Crippen molar-refractivity contribution in [2.24, 2.45) is 23.0 Å². The van der Waals surface area contributed by atoms with Gasteiger partial charge in [0.05, 0.1) is 11.3 Å². The predicted molar refractivity (Wildman–Crippen MR) is 177 cm³/mol. The van der Waals surface area contributed by atoms with Crippen LogP contribution < -0.4 is 16.4 Å². The first-order valence-corrected chi connectivity index (χ1v) is 17.5. The zero-order valence-electron chi connectivity index (χ0n) is 26.2. The first-order valence-electron chi connectivity index (χ1n) is 16.1. The van der Waals surface area contributed by atoms with Gasteiger partial charge in [0.15, 0.2) is 0 Å². The molecule has 2 aliphatic heterocycles. The molecule has 0 aromatic heterocycles. The number of hydrogen-bond donors (Lipinski definition) is 3. The van der Waals surface area contributed by atoms with Gasteiger partial charge in [0, 0.05) is 46.8 Å². The van der Waals surface area contributed by atoms with Crippen LogP contribution in [0.4, 0.5) is 0 Å². The molecule has 2 heterocycles. The monoisotopic (exact) mass is 638 g/mol. The first-order chi connectivity index (χ1) is 21.0. The van der Waals surface area contributed by atoms with Crippen LogP contribution in [-0.4, -0.2) is 53.0 Å². The summed E-state index contributed by atoms with van der Waals surface area (Å²) in [6.07, 6.45) is 7.26. The van der Waals surface area contributed by atoms with E-state index < -0.39 is 23.4 Å². The molecule has 2 aromatic carbocycles. The van der Waals surface area contributed by atoms with Crippen molar-refractivity contribution >= 4 is 41.1 Å². The van der Waals surface area contributed by atoms with Gasteiger partial charge >= 0.3 is 0 Å². The number of thioether (sulfide) groups is 1. The minimum Gasteiger partial charge on any atom is -0.351 e. The third-order valence-electron chi connectivity index (χ3n) is 9.73. The second-order valence-corrected chi connectivity index (χ2v) is 15.4. The Bertz CT molecular complexity index is 1330. The van der Waals surface area contributed by atoms with Crippen LogP contribution in [0.15, 0.2) is 53.4 Å². The summed E-state index contributed by atoms with van der Waals surface area (Å²) < 4.78 is 0. The van der Waals surface area contributed by atoms with Crippen molar-refractivity contribution in [3.05, 3.63) is 64.7 Å². The van der Waals surface area contributed by atoms with Gasteiger partial charge in [-0.1, -0.05) is 61.2 Å². The molecule has 238 valence electrons. The number of nitrogens with two attached hydrogens (primary N) is 1. The number of rotatable bonds is 7. The summed E-state index contributed by atoms with van der Waals surface area (Å²) in [6, 6.07) is 14.2. The summed E-state index contributed by atoms with van der Waals surface area (Å²) in [5.41, 5.74) is 7.69. The summed E-state index contributed by atoms with van der Waals surface area (Å²) in [5.74, 6) is 0.246. The average molecular weight is 639 g/mol. The number of carbonyl (C=O) groups is 3. The molecule has 7 nitrogen and oxygen atoms in total. The van der Waals surface area contributed by atoms with E-state index in [2.05, 4.69) is 10.6 Å². The summed E-state index contributed by atoms with van der Waals surface area (Å²) in [4.78, 5) is 44.8. The van der Waals surface area contributed by atoms with Crippen LogP contribution in [0.25, 0.3) is 0 Å². The molecule has 4 N–H and O–H groups in total. The summed E-state index contributed by atoms with van der Waals surface area (Å²) in [5, 5.41) is 7.01. The summed E-state index contributed by atoms with van der Waals surface area (Å²) >= 11 is 7.77. The lowest BCUT2D eigenvalue weighted by atomic mass is 9.63. The molecule has 2 aromatic rings. The number of nitrogens with zero attached hydrogens (tertiary/aromatic N) is 1. The maximum Gasteiger partial charge on any atom is 0.245 e. The normalized spacial score (nSPS) is 22.9. The Hall–Kier alpha value is -2.55. The zero-order chi connectivity index (χ0) is 31.5. The van der Waals surface area contributed by atoms with Crippen LogP contribution in [0.1, 0.15) is 82.9 Å². The van der Waals surface area contributed by atoms with Crippen molar-refractivity contribution < 1.29 is 14.4 Å². The van der Waals surface area contributed by atoms with E-state index in [4.69, 9.17) is 17.3 Å². The van der Waals surface area contributed by atoms with Gasteiger partial charge in [0.2, 0.25) is 17.7 Å². The van der Waals surface area contributed by atoms with Crippen LogP contribution in [0.3, 0.4) is 0 Å². The van der Waals surface area contributed by atoms with Gasteiger partial charge in [-0.2, -0.15) is 0 Å². The van der Waals surface area contributed by atoms with Crippen LogP contribution in [0, 0.1) is 17.3 Å². The van der Waals surface area contributed by atoms with E-state index in [-0.39, 0.29) is 23.3 Å². The van der Waals surface area contributed by atoms with Crippen molar-refractivity contribution in [2.75, 3.05) is 18.8 Å². The molecule has 1 aliphatic carbocycles. The van der Waals surface area contributed by atoms with Crippen molar-refractivity contribution in [3.8, 4) is 0 Å². The van der Waals surface area contributed by atoms with Gasteiger partial charge in [0.25, 0.3) is 0 Å². The van der Waals surface area contributed by atoms with Crippen LogP contribution >= 0.6 is 23.4 Å². The molecule has 2 fully saturated rings. The highest BCUT2D eigenvalue weighted by Crippen LogP contribution is 2.46. The number of halogens is 1. The maximum absolute atomic E-state index is 14.2. The third-order valence-corrected chi connectivity index (χ3v) is 11.2. The number of likely N-dealkylation sites (tertiary alicyclic amines) is 1. The van der Waals surface area contributed by atoms with E-state index in [1.165, 1.54) is 6.42 Å². The molecule has 0 spiro atoms. The standard InChI is InChI=1S/C35H47ClN4O3S/c1-34(2,3)39-33(43)35(24-9-5-4-6-10-24)17-19-40(20-18-35)32(42)28(21-23-13-15-25(36)16-14-23)38-31(41)27-22-44-29-12-8-7-11-26(29)30(27)37/h7-8,11-16,24,27-28,30H,4-6,9-10,17-22,37H2,1-3H3,(H,38,41)(H,39,43)/t27?,28-,30?/m1/s1. The number of carbonyl (C=O) groups excluding carboxylic acids is 3. The van der Waals surface area contributed by atoms with Crippen molar-refractivity contribution in [2.45, 2.75) is 94.7 Å². The fourth-order valence-electron chi connectivity index (χ4n) is 7.25. The lowest BCUT2D eigenvalue weighted by molar-refractivity contribution is -0.147. The van der Waals surface area contributed by atoms with Gasteiger partial charge in [-0.05, 0) is 81.7 Å². The third kappa shape index (κ3) is 7.45. The quantitative estimate of drug-likeness (QED) is 0.351. The van der Waals surface area contributed by atoms with Crippen molar-refractivity contribution in [1.82, 2.24) is 15.5 Å². The number of amides is 3. The molecule has 3 aliphatic rings. The smallest absolute Gasteiger partial charge is 0.245 e. The number of piperidine rings is 1. The second kappa shape index (κ2) is 13.8. The van der Waals surface area contributed by atoms with E-state index in [9.17, 15) is 14.4 Å². The lowest BCUT2D eigenvalue weighted by Crippen LogP contribution is -2.59. The molecule has 9 heteroatoms. The van der Waals surface area contributed by atoms with Crippen LogP contribution in [0.5, 0.6) is 0 Å². The molecule has 1 saturated heterocycles. The fourth-order valence-corrected chi connectivity index (χ4v) is 8.64. The Morgan fingerprint density at radius 3 is 2.34 bits per heavy atom. The lowest BCUT2D eigenvalue weighted by Gasteiger charge is -2.48. The van der Waals surface area contributed by atoms with Gasteiger partial charge in [0.1, 0.15) is 6.04 Å². The van der Waals surface area contributed by atoms with Gasteiger partial charge in [-0.25, -0.2) is 0 Å². The van der Waals surface area contributed by atoms with Gasteiger partial charge in [-0.15, -0.1) is 11.8 Å². The Balaban J connectivity index is 1.33. The van der Waals surface area contributed by atoms with Crippen molar-refractivity contribution in [3.63, 3.8) is 0 Å². The average Bonchev–Trinajstić information content (AvgIpc) is 3.01. The molecule has 2 unspecified atom stereocenters. The Morgan fingerprint density at radius 2 is 1.68 bits per heavy atom. The number of nitrogens with one attached hydrogen (secondary N) is 2. The van der Waals surface area contributed by atoms with E-state index in [0.717, 1.165) is 41.7 Å².